The Hall–Kier alpha value is -2.24. The highest BCUT2D eigenvalue weighted by Crippen LogP contribution is 2.29. The van der Waals surface area contributed by atoms with Crippen molar-refractivity contribution in [3.05, 3.63) is 29.3 Å². The molecule has 6 heteroatoms. The number of nitrogens with zero attached hydrogens (tertiary/aromatic N) is 1. The van der Waals surface area contributed by atoms with Crippen molar-refractivity contribution in [3.63, 3.8) is 0 Å². The number of benzene rings is 1. The van der Waals surface area contributed by atoms with Crippen LogP contribution in [0.4, 0.5) is 4.79 Å². The minimum atomic E-state index is -0.928. The van der Waals surface area contributed by atoms with Gasteiger partial charge in [-0.25, -0.2) is 4.79 Å². The minimum Gasteiger partial charge on any atom is -0.508 e. The molecule has 3 N–H and O–H groups in total. The Bertz CT molecular complexity index is 530. The summed E-state index contributed by atoms with van der Waals surface area (Å²) in [5.41, 5.74) is 1.93. The van der Waals surface area contributed by atoms with Gasteiger partial charge in [-0.1, -0.05) is 12.1 Å². The molecule has 20 heavy (non-hydrogen) atoms. The molecule has 2 amide bonds. The number of carboxylic acids is 1. The Morgan fingerprint density at radius 2 is 2.15 bits per heavy atom. The van der Waals surface area contributed by atoms with E-state index in [9.17, 15) is 14.7 Å². The van der Waals surface area contributed by atoms with Crippen molar-refractivity contribution in [1.29, 1.82) is 0 Å². The zero-order chi connectivity index (χ0) is 14.7. The van der Waals surface area contributed by atoms with Gasteiger partial charge in [-0.3, -0.25) is 4.79 Å². The molecule has 1 aliphatic carbocycles. The number of hydrogen-bond acceptors (Lipinski definition) is 3. The van der Waals surface area contributed by atoms with Gasteiger partial charge < -0.3 is 20.4 Å². The van der Waals surface area contributed by atoms with Gasteiger partial charge in [0.25, 0.3) is 0 Å². The molecule has 0 fully saturated rings. The fourth-order valence-corrected chi connectivity index (χ4v) is 2.38. The number of nitrogens with one attached hydrogen (secondary N) is 1. The molecule has 0 spiro atoms. The predicted octanol–water partition coefficient (Wildman–Crippen LogP) is 0.975. The first-order chi connectivity index (χ1) is 9.47. The van der Waals surface area contributed by atoms with E-state index in [4.69, 9.17) is 5.11 Å². The number of aliphatic carboxylic acids is 1. The largest absolute Gasteiger partial charge is 0.508 e. The van der Waals surface area contributed by atoms with Crippen LogP contribution in [-0.2, 0) is 17.6 Å². The number of fused-ring (bicyclic) bond motifs is 1. The Morgan fingerprint density at radius 3 is 2.80 bits per heavy atom. The van der Waals surface area contributed by atoms with E-state index in [0.717, 1.165) is 11.1 Å². The topological polar surface area (TPSA) is 89.9 Å². The average molecular weight is 278 g/mol. The summed E-state index contributed by atoms with van der Waals surface area (Å²) in [6.45, 7) is 0.173. The molecule has 2 rings (SSSR count). The van der Waals surface area contributed by atoms with E-state index in [0.29, 0.717) is 12.8 Å². The number of rotatable bonds is 4. The van der Waals surface area contributed by atoms with E-state index >= 15 is 0 Å². The van der Waals surface area contributed by atoms with Crippen LogP contribution < -0.4 is 5.32 Å². The standard InChI is InChI=1S/C14H18N2O4/c1-16(6-5-13(18)19)14(20)15-10-7-9-3-2-4-12(17)11(9)8-10/h2-4,10,17H,5-8H2,1H3,(H,15,20)(H,18,19). The first kappa shape index (κ1) is 14.2. The number of carbonyl (C=O) groups is 2. The molecule has 1 aromatic rings. The van der Waals surface area contributed by atoms with Gasteiger partial charge in [0, 0.05) is 19.6 Å². The molecule has 0 saturated carbocycles. The van der Waals surface area contributed by atoms with Crippen molar-refractivity contribution in [3.8, 4) is 5.75 Å². The van der Waals surface area contributed by atoms with Gasteiger partial charge in [-0.05, 0) is 30.0 Å². The monoisotopic (exact) mass is 278 g/mol. The predicted molar refractivity (Wildman–Crippen MR) is 72.7 cm³/mol. The number of phenolic OH excluding ortho intramolecular Hbond substituents is 1. The minimum absolute atomic E-state index is 0.0573. The fraction of sp³-hybridized carbons (Fsp3) is 0.429. The molecule has 0 heterocycles. The van der Waals surface area contributed by atoms with E-state index in [-0.39, 0.29) is 30.8 Å². The van der Waals surface area contributed by atoms with Crippen molar-refractivity contribution >= 4 is 12.0 Å². The molecule has 1 aliphatic rings. The zero-order valence-corrected chi connectivity index (χ0v) is 11.3. The summed E-state index contributed by atoms with van der Waals surface area (Å²) in [6, 6.07) is 5.02. The van der Waals surface area contributed by atoms with Gasteiger partial charge >= 0.3 is 12.0 Å². The molecule has 1 atom stereocenters. The van der Waals surface area contributed by atoms with E-state index in [1.165, 1.54) is 4.90 Å². The van der Waals surface area contributed by atoms with Crippen LogP contribution in [-0.4, -0.2) is 46.7 Å². The molecule has 0 saturated heterocycles. The third-order valence-electron chi connectivity index (χ3n) is 3.50. The highest BCUT2D eigenvalue weighted by Gasteiger charge is 2.25. The Balaban J connectivity index is 1.88. The van der Waals surface area contributed by atoms with Gasteiger partial charge in [-0.15, -0.1) is 0 Å². The second-order valence-corrected chi connectivity index (χ2v) is 5.03. The Labute approximate surface area is 117 Å². The maximum Gasteiger partial charge on any atom is 0.317 e. The van der Waals surface area contributed by atoms with E-state index in [2.05, 4.69) is 5.32 Å². The molecule has 1 aromatic carbocycles. The quantitative estimate of drug-likeness (QED) is 0.765. The molecule has 108 valence electrons. The van der Waals surface area contributed by atoms with Crippen LogP contribution in [0.15, 0.2) is 18.2 Å². The number of aromatic hydroxyl groups is 1. The fourth-order valence-electron chi connectivity index (χ4n) is 2.38. The highest BCUT2D eigenvalue weighted by atomic mass is 16.4. The summed E-state index contributed by atoms with van der Waals surface area (Å²) < 4.78 is 0. The van der Waals surface area contributed by atoms with Crippen molar-refractivity contribution in [2.75, 3.05) is 13.6 Å². The normalized spacial score (nSPS) is 16.6. The number of hydrogen-bond donors (Lipinski definition) is 3. The molecule has 6 nitrogen and oxygen atoms in total. The number of phenols is 1. The second-order valence-electron chi connectivity index (χ2n) is 5.03. The van der Waals surface area contributed by atoms with E-state index in [1.807, 2.05) is 6.07 Å². The lowest BCUT2D eigenvalue weighted by Gasteiger charge is -2.20. The van der Waals surface area contributed by atoms with Gasteiger partial charge in [0.05, 0.1) is 6.42 Å². The van der Waals surface area contributed by atoms with Crippen LogP contribution in [0.5, 0.6) is 5.75 Å². The summed E-state index contributed by atoms with van der Waals surface area (Å²) in [5, 5.41) is 21.2. The molecular formula is C14H18N2O4. The number of amides is 2. The number of carboxylic acid groups (broad SMARTS) is 1. The first-order valence-corrected chi connectivity index (χ1v) is 6.50. The Morgan fingerprint density at radius 1 is 1.40 bits per heavy atom. The van der Waals surface area contributed by atoms with Crippen molar-refractivity contribution < 1.29 is 19.8 Å². The van der Waals surface area contributed by atoms with Crippen LogP contribution in [0.3, 0.4) is 0 Å². The van der Waals surface area contributed by atoms with Crippen molar-refractivity contribution in [1.82, 2.24) is 10.2 Å². The van der Waals surface area contributed by atoms with E-state index in [1.54, 1.807) is 19.2 Å². The average Bonchev–Trinajstić information content (AvgIpc) is 2.79. The lowest BCUT2D eigenvalue weighted by atomic mass is 10.1. The smallest absolute Gasteiger partial charge is 0.317 e. The zero-order valence-electron chi connectivity index (χ0n) is 11.3. The SMILES string of the molecule is CN(CCC(=O)O)C(=O)NC1Cc2cccc(O)c2C1. The van der Waals surface area contributed by atoms with Gasteiger partial charge in [-0.2, -0.15) is 0 Å². The number of urea groups is 1. The van der Waals surface area contributed by atoms with Crippen LogP contribution in [0.2, 0.25) is 0 Å². The maximum absolute atomic E-state index is 11.9. The summed E-state index contributed by atoms with van der Waals surface area (Å²) in [7, 11) is 1.57. The summed E-state index contributed by atoms with van der Waals surface area (Å²) >= 11 is 0. The van der Waals surface area contributed by atoms with Crippen molar-refractivity contribution in [2.45, 2.75) is 25.3 Å². The summed E-state index contributed by atoms with van der Waals surface area (Å²) in [5.74, 6) is -0.665. The van der Waals surface area contributed by atoms with Crippen LogP contribution in [0.25, 0.3) is 0 Å². The summed E-state index contributed by atoms with van der Waals surface area (Å²) in [6.07, 6.45) is 1.21. The van der Waals surface area contributed by atoms with Crippen molar-refractivity contribution in [2.24, 2.45) is 0 Å². The molecule has 0 aromatic heterocycles. The third-order valence-corrected chi connectivity index (χ3v) is 3.50. The lowest BCUT2D eigenvalue weighted by Crippen LogP contribution is -2.44. The lowest BCUT2D eigenvalue weighted by molar-refractivity contribution is -0.137. The second kappa shape index (κ2) is 5.81. The van der Waals surface area contributed by atoms with E-state index < -0.39 is 5.97 Å². The highest BCUT2D eigenvalue weighted by molar-refractivity contribution is 5.75. The third kappa shape index (κ3) is 3.20. The Kier molecular flexibility index (Phi) is 4.12. The van der Waals surface area contributed by atoms with Crippen LogP contribution in [0, 0.1) is 0 Å². The van der Waals surface area contributed by atoms with Crippen LogP contribution in [0.1, 0.15) is 17.5 Å². The summed E-state index contributed by atoms with van der Waals surface area (Å²) in [4.78, 5) is 23.7. The molecule has 0 radical (unpaired) electrons. The molecular weight excluding hydrogens is 260 g/mol. The first-order valence-electron chi connectivity index (χ1n) is 6.50. The molecule has 1 unspecified atom stereocenters. The molecule has 0 bridgehead atoms. The number of carbonyl (C=O) groups excluding carboxylic acids is 1. The van der Waals surface area contributed by atoms with Gasteiger partial charge in [0.2, 0.25) is 0 Å². The maximum atomic E-state index is 11.9. The van der Waals surface area contributed by atoms with Gasteiger partial charge in [0.15, 0.2) is 0 Å². The molecule has 0 aliphatic heterocycles. The van der Waals surface area contributed by atoms with Gasteiger partial charge in [0.1, 0.15) is 5.75 Å². The van der Waals surface area contributed by atoms with Crippen LogP contribution >= 0.6 is 0 Å².